The molecule has 0 saturated carbocycles. The van der Waals surface area contributed by atoms with Crippen LogP contribution in [0.3, 0.4) is 0 Å². The van der Waals surface area contributed by atoms with Crippen LogP contribution >= 0.6 is 34.4 Å². The van der Waals surface area contributed by atoms with Gasteiger partial charge in [0.1, 0.15) is 5.76 Å². The molecule has 0 aliphatic heterocycles. The van der Waals surface area contributed by atoms with Gasteiger partial charge in [0, 0.05) is 0 Å². The molecule has 0 unspecified atom stereocenters. The van der Waals surface area contributed by atoms with Gasteiger partial charge in [0.25, 0.3) is 5.91 Å². The summed E-state index contributed by atoms with van der Waals surface area (Å²) in [5.74, 6) is 1.26. The first-order valence-electron chi connectivity index (χ1n) is 9.01. The number of rotatable bonds is 6. The van der Waals surface area contributed by atoms with Gasteiger partial charge in [0.2, 0.25) is 0 Å². The molecule has 0 saturated heterocycles. The van der Waals surface area contributed by atoms with Crippen molar-refractivity contribution in [3.63, 3.8) is 0 Å². The van der Waals surface area contributed by atoms with Gasteiger partial charge in [-0.15, -0.1) is 22.7 Å². The number of fused-ring (bicyclic) bond motifs is 2. The molecule has 0 aliphatic carbocycles. The van der Waals surface area contributed by atoms with Crippen LogP contribution in [0.1, 0.15) is 5.76 Å². The highest BCUT2D eigenvalue weighted by Gasteiger charge is 2.10. The smallest absolute Gasteiger partial charge is 0.250 e. The SMILES string of the molecule is O=C(CSc1nc2ccccc2s1)N/N=C/c1ccc(-c2nc3ccccc3s2)o1. The normalized spacial score (nSPS) is 11.6. The van der Waals surface area contributed by atoms with E-state index in [2.05, 4.69) is 20.5 Å². The van der Waals surface area contributed by atoms with Gasteiger partial charge < -0.3 is 4.42 Å². The molecule has 5 rings (SSSR count). The Labute approximate surface area is 183 Å². The number of para-hydroxylation sites is 2. The highest BCUT2D eigenvalue weighted by atomic mass is 32.2. The van der Waals surface area contributed by atoms with Crippen molar-refractivity contribution in [1.29, 1.82) is 0 Å². The lowest BCUT2D eigenvalue weighted by Gasteiger charge is -1.96. The van der Waals surface area contributed by atoms with Crippen molar-refractivity contribution in [1.82, 2.24) is 15.4 Å². The molecule has 0 atom stereocenters. The molecular weight excluding hydrogens is 436 g/mol. The summed E-state index contributed by atoms with van der Waals surface area (Å²) < 4.78 is 8.86. The van der Waals surface area contributed by atoms with E-state index in [9.17, 15) is 4.79 Å². The van der Waals surface area contributed by atoms with Crippen LogP contribution in [-0.4, -0.2) is 27.8 Å². The second kappa shape index (κ2) is 8.39. The molecule has 0 aliphatic rings. The van der Waals surface area contributed by atoms with E-state index in [0.29, 0.717) is 11.5 Å². The number of nitrogens with one attached hydrogen (secondary N) is 1. The zero-order chi connectivity index (χ0) is 20.3. The predicted octanol–water partition coefficient (Wildman–Crippen LogP) is 5.41. The van der Waals surface area contributed by atoms with E-state index in [1.807, 2.05) is 54.6 Å². The van der Waals surface area contributed by atoms with Crippen LogP contribution in [0.5, 0.6) is 0 Å². The number of furan rings is 1. The minimum absolute atomic E-state index is 0.201. The molecule has 0 bridgehead atoms. The van der Waals surface area contributed by atoms with Crippen LogP contribution in [-0.2, 0) is 4.79 Å². The number of benzene rings is 2. The second-order valence-electron chi connectivity index (χ2n) is 6.22. The maximum absolute atomic E-state index is 12.0. The van der Waals surface area contributed by atoms with Crippen molar-refractivity contribution in [2.75, 3.05) is 5.75 Å². The van der Waals surface area contributed by atoms with Crippen LogP contribution in [0.15, 0.2) is 74.5 Å². The van der Waals surface area contributed by atoms with E-state index in [0.717, 1.165) is 29.8 Å². The van der Waals surface area contributed by atoms with E-state index in [1.54, 1.807) is 28.7 Å². The number of hydrazone groups is 1. The van der Waals surface area contributed by atoms with E-state index >= 15 is 0 Å². The monoisotopic (exact) mass is 450 g/mol. The number of aromatic nitrogens is 2. The summed E-state index contributed by atoms with van der Waals surface area (Å²) >= 11 is 4.54. The molecule has 9 heteroatoms. The van der Waals surface area contributed by atoms with Gasteiger partial charge in [-0.2, -0.15) is 5.10 Å². The fourth-order valence-electron chi connectivity index (χ4n) is 2.76. The summed E-state index contributed by atoms with van der Waals surface area (Å²) in [5, 5.41) is 4.79. The van der Waals surface area contributed by atoms with Gasteiger partial charge in [-0.05, 0) is 36.4 Å². The summed E-state index contributed by atoms with van der Waals surface area (Å²) in [6, 6.07) is 19.5. The molecular formula is C21H14N4O2S3. The number of thioether (sulfide) groups is 1. The van der Waals surface area contributed by atoms with Crippen molar-refractivity contribution in [2.24, 2.45) is 5.10 Å². The van der Waals surface area contributed by atoms with Gasteiger partial charge in [0.05, 0.1) is 32.4 Å². The molecule has 1 N–H and O–H groups in total. The van der Waals surface area contributed by atoms with Gasteiger partial charge in [0.15, 0.2) is 15.1 Å². The maximum atomic E-state index is 12.0. The predicted molar refractivity (Wildman–Crippen MR) is 123 cm³/mol. The number of nitrogens with zero attached hydrogens (tertiary/aromatic N) is 3. The topological polar surface area (TPSA) is 80.4 Å². The van der Waals surface area contributed by atoms with Gasteiger partial charge in [-0.25, -0.2) is 15.4 Å². The molecule has 0 spiro atoms. The summed E-state index contributed by atoms with van der Waals surface area (Å²) in [7, 11) is 0. The molecule has 148 valence electrons. The third kappa shape index (κ3) is 4.13. The van der Waals surface area contributed by atoms with E-state index in [-0.39, 0.29) is 11.7 Å². The summed E-state index contributed by atoms with van der Waals surface area (Å²) in [6.45, 7) is 0. The number of hydrogen-bond donors (Lipinski definition) is 1. The van der Waals surface area contributed by atoms with Crippen LogP contribution in [0, 0.1) is 0 Å². The molecule has 3 heterocycles. The average molecular weight is 451 g/mol. The van der Waals surface area contributed by atoms with Crippen molar-refractivity contribution >= 4 is 67.0 Å². The quantitative estimate of drug-likeness (QED) is 0.213. The van der Waals surface area contributed by atoms with Gasteiger partial charge in [-0.3, -0.25) is 4.79 Å². The summed E-state index contributed by atoms with van der Waals surface area (Å²) in [4.78, 5) is 21.1. The fourth-order valence-corrected chi connectivity index (χ4v) is 5.54. The van der Waals surface area contributed by atoms with Gasteiger partial charge in [-0.1, -0.05) is 36.0 Å². The summed E-state index contributed by atoms with van der Waals surface area (Å²) in [5.41, 5.74) is 4.41. The first kappa shape index (κ1) is 19.0. The number of carbonyl (C=O) groups is 1. The van der Waals surface area contributed by atoms with Crippen LogP contribution in [0.2, 0.25) is 0 Å². The fraction of sp³-hybridized carbons (Fsp3) is 0.0476. The average Bonchev–Trinajstić information content (AvgIpc) is 3.49. The minimum atomic E-state index is -0.201. The molecule has 3 aromatic heterocycles. The zero-order valence-corrected chi connectivity index (χ0v) is 17.9. The Bertz CT molecular complexity index is 1300. The molecule has 1 amide bonds. The Kier molecular flexibility index (Phi) is 5.31. The Hall–Kier alpha value is -3.01. The van der Waals surface area contributed by atoms with Crippen molar-refractivity contribution < 1.29 is 9.21 Å². The highest BCUT2D eigenvalue weighted by molar-refractivity contribution is 8.01. The molecule has 5 aromatic rings. The van der Waals surface area contributed by atoms with E-state index in [1.165, 1.54) is 18.0 Å². The van der Waals surface area contributed by atoms with Crippen LogP contribution in [0.4, 0.5) is 0 Å². The largest absolute Gasteiger partial charge is 0.453 e. The number of thiazole rings is 2. The number of hydrogen-bond acceptors (Lipinski definition) is 8. The van der Waals surface area contributed by atoms with Crippen molar-refractivity contribution in [3.8, 4) is 10.8 Å². The number of carbonyl (C=O) groups excluding carboxylic acids is 1. The zero-order valence-electron chi connectivity index (χ0n) is 15.4. The van der Waals surface area contributed by atoms with E-state index in [4.69, 9.17) is 4.42 Å². The van der Waals surface area contributed by atoms with Crippen molar-refractivity contribution in [2.45, 2.75) is 4.34 Å². The lowest BCUT2D eigenvalue weighted by atomic mass is 10.3. The van der Waals surface area contributed by atoms with Crippen LogP contribution in [0.25, 0.3) is 31.2 Å². The Morgan fingerprint density at radius 2 is 1.73 bits per heavy atom. The third-order valence-electron chi connectivity index (χ3n) is 4.11. The molecule has 2 aromatic carbocycles. The molecule has 0 fully saturated rings. The molecule has 6 nitrogen and oxygen atoms in total. The van der Waals surface area contributed by atoms with Crippen molar-refractivity contribution in [3.05, 3.63) is 66.4 Å². The Morgan fingerprint density at radius 1 is 1.00 bits per heavy atom. The maximum Gasteiger partial charge on any atom is 0.250 e. The second-order valence-corrected chi connectivity index (χ2v) is 9.50. The molecule has 30 heavy (non-hydrogen) atoms. The lowest BCUT2D eigenvalue weighted by molar-refractivity contribution is -0.118. The summed E-state index contributed by atoms with van der Waals surface area (Å²) in [6.07, 6.45) is 1.48. The minimum Gasteiger partial charge on any atom is -0.453 e. The molecule has 0 radical (unpaired) electrons. The standard InChI is InChI=1S/C21H14N4O2S3/c26-19(12-28-21-24-15-6-2-4-8-18(15)30-21)25-22-11-13-9-10-16(27-13)20-23-14-5-1-3-7-17(14)29-20/h1-11H,12H2,(H,25,26)/b22-11+. The highest BCUT2D eigenvalue weighted by Crippen LogP contribution is 2.31. The van der Waals surface area contributed by atoms with Gasteiger partial charge >= 0.3 is 0 Å². The Morgan fingerprint density at radius 3 is 2.50 bits per heavy atom. The Balaban J connectivity index is 1.17. The first-order valence-corrected chi connectivity index (χ1v) is 11.6. The first-order chi connectivity index (χ1) is 14.7. The lowest BCUT2D eigenvalue weighted by Crippen LogP contribution is -2.19. The van der Waals surface area contributed by atoms with E-state index < -0.39 is 0 Å². The van der Waals surface area contributed by atoms with Crippen LogP contribution < -0.4 is 5.43 Å². The number of amides is 1. The third-order valence-corrected chi connectivity index (χ3v) is 7.34.